The van der Waals surface area contributed by atoms with Gasteiger partial charge in [0.2, 0.25) is 5.76 Å². The number of aromatic amines is 1. The first-order chi connectivity index (χ1) is 13.8. The summed E-state index contributed by atoms with van der Waals surface area (Å²) in [6.45, 7) is 5.91. The van der Waals surface area contributed by atoms with Gasteiger partial charge in [-0.25, -0.2) is 0 Å². The van der Waals surface area contributed by atoms with Crippen molar-refractivity contribution in [2.75, 3.05) is 20.8 Å². The molecule has 0 saturated carbocycles. The SMILES string of the molecule is CCOC(=O)CCCCC(=O)c1[nH]c(/C=C2\NC(=O)C(OC)=C2OC)c(C)c1C. The number of H-pyrrole nitrogens is 1. The van der Waals surface area contributed by atoms with E-state index in [0.717, 1.165) is 11.1 Å². The van der Waals surface area contributed by atoms with Gasteiger partial charge in [0.25, 0.3) is 5.91 Å². The molecule has 1 aliphatic heterocycles. The van der Waals surface area contributed by atoms with Crippen molar-refractivity contribution in [2.45, 2.75) is 46.5 Å². The minimum Gasteiger partial charge on any atom is -0.491 e. The van der Waals surface area contributed by atoms with Gasteiger partial charge in [-0.3, -0.25) is 14.4 Å². The van der Waals surface area contributed by atoms with Gasteiger partial charge in [0.05, 0.1) is 32.2 Å². The van der Waals surface area contributed by atoms with Gasteiger partial charge in [0, 0.05) is 18.5 Å². The van der Waals surface area contributed by atoms with Crippen LogP contribution >= 0.6 is 0 Å². The van der Waals surface area contributed by atoms with Crippen molar-refractivity contribution < 1.29 is 28.6 Å². The molecule has 0 saturated heterocycles. The molecule has 8 heteroatoms. The van der Waals surface area contributed by atoms with Crippen LogP contribution in [0.25, 0.3) is 6.08 Å². The fourth-order valence-electron chi connectivity index (χ4n) is 3.14. The summed E-state index contributed by atoms with van der Waals surface area (Å²) in [6, 6.07) is 0. The average molecular weight is 404 g/mol. The molecule has 1 aliphatic rings. The molecule has 1 amide bonds. The number of esters is 1. The van der Waals surface area contributed by atoms with Crippen molar-refractivity contribution in [1.82, 2.24) is 10.3 Å². The second-order valence-electron chi connectivity index (χ2n) is 6.68. The van der Waals surface area contributed by atoms with E-state index in [1.807, 2.05) is 13.8 Å². The van der Waals surface area contributed by atoms with Crippen molar-refractivity contribution in [3.05, 3.63) is 39.7 Å². The van der Waals surface area contributed by atoms with Crippen molar-refractivity contribution in [3.63, 3.8) is 0 Å². The van der Waals surface area contributed by atoms with Crippen LogP contribution in [0.2, 0.25) is 0 Å². The molecule has 0 atom stereocenters. The molecule has 0 radical (unpaired) electrons. The van der Waals surface area contributed by atoms with Crippen molar-refractivity contribution >= 4 is 23.7 Å². The van der Waals surface area contributed by atoms with Gasteiger partial charge in [-0.2, -0.15) is 0 Å². The van der Waals surface area contributed by atoms with E-state index in [1.165, 1.54) is 14.2 Å². The van der Waals surface area contributed by atoms with E-state index in [0.29, 0.717) is 55.1 Å². The largest absolute Gasteiger partial charge is 0.491 e. The highest BCUT2D eigenvalue weighted by atomic mass is 16.5. The Labute approximate surface area is 170 Å². The van der Waals surface area contributed by atoms with Crippen LogP contribution in [0, 0.1) is 13.8 Å². The first kappa shape index (κ1) is 22.3. The lowest BCUT2D eigenvalue weighted by atomic mass is 10.0. The molecule has 29 heavy (non-hydrogen) atoms. The molecule has 0 bridgehead atoms. The summed E-state index contributed by atoms with van der Waals surface area (Å²) in [5.74, 6) is -0.213. The molecule has 158 valence electrons. The molecule has 0 aliphatic carbocycles. The number of hydrogen-bond donors (Lipinski definition) is 2. The third-order valence-corrected chi connectivity index (χ3v) is 4.82. The summed E-state index contributed by atoms with van der Waals surface area (Å²) in [5, 5.41) is 2.70. The Kier molecular flexibility index (Phi) is 7.64. The summed E-state index contributed by atoms with van der Waals surface area (Å²) in [5.41, 5.74) is 3.46. The van der Waals surface area contributed by atoms with Crippen LogP contribution in [0.5, 0.6) is 0 Å². The lowest BCUT2D eigenvalue weighted by Crippen LogP contribution is -2.17. The van der Waals surface area contributed by atoms with E-state index in [1.54, 1.807) is 13.0 Å². The Hall–Kier alpha value is -3.03. The highest BCUT2D eigenvalue weighted by molar-refractivity contribution is 5.99. The fourth-order valence-corrected chi connectivity index (χ4v) is 3.14. The third kappa shape index (κ3) is 5.07. The van der Waals surface area contributed by atoms with Gasteiger partial charge < -0.3 is 24.5 Å². The Morgan fingerprint density at radius 1 is 1.00 bits per heavy atom. The van der Waals surface area contributed by atoms with Gasteiger partial charge in [-0.05, 0) is 50.8 Å². The molecule has 1 aromatic heterocycles. The second-order valence-corrected chi connectivity index (χ2v) is 6.68. The zero-order chi connectivity index (χ0) is 21.6. The van der Waals surface area contributed by atoms with Crippen LogP contribution in [0.4, 0.5) is 0 Å². The molecule has 2 N–H and O–H groups in total. The number of ketones is 1. The smallest absolute Gasteiger partial charge is 0.305 e. The Morgan fingerprint density at radius 3 is 2.28 bits per heavy atom. The summed E-state index contributed by atoms with van der Waals surface area (Å²) in [4.78, 5) is 39.1. The lowest BCUT2D eigenvalue weighted by molar-refractivity contribution is -0.143. The fraction of sp³-hybridized carbons (Fsp3) is 0.476. The molecule has 0 aromatic carbocycles. The number of carbonyl (C=O) groups is 3. The Morgan fingerprint density at radius 2 is 1.66 bits per heavy atom. The topological polar surface area (TPSA) is 107 Å². The highest BCUT2D eigenvalue weighted by Crippen LogP contribution is 2.27. The van der Waals surface area contributed by atoms with Crippen LogP contribution < -0.4 is 5.32 Å². The maximum absolute atomic E-state index is 12.6. The van der Waals surface area contributed by atoms with Gasteiger partial charge >= 0.3 is 5.97 Å². The number of unbranched alkanes of at least 4 members (excludes halogenated alkanes) is 1. The molecular weight excluding hydrogens is 376 g/mol. The van der Waals surface area contributed by atoms with Crippen molar-refractivity contribution in [3.8, 4) is 0 Å². The monoisotopic (exact) mass is 404 g/mol. The number of aromatic nitrogens is 1. The van der Waals surface area contributed by atoms with Crippen LogP contribution in [-0.4, -0.2) is 43.5 Å². The molecule has 2 rings (SSSR count). The van der Waals surface area contributed by atoms with Crippen LogP contribution in [0.3, 0.4) is 0 Å². The quantitative estimate of drug-likeness (QED) is 0.353. The minimum atomic E-state index is -0.380. The van der Waals surface area contributed by atoms with Crippen LogP contribution in [-0.2, 0) is 23.8 Å². The number of rotatable bonds is 10. The summed E-state index contributed by atoms with van der Waals surface area (Å²) in [6.07, 6.45) is 3.59. The van der Waals surface area contributed by atoms with E-state index in [2.05, 4.69) is 10.3 Å². The zero-order valence-electron chi connectivity index (χ0n) is 17.6. The van der Waals surface area contributed by atoms with Gasteiger partial charge in [-0.15, -0.1) is 0 Å². The van der Waals surface area contributed by atoms with E-state index in [9.17, 15) is 14.4 Å². The minimum absolute atomic E-state index is 0.0188. The van der Waals surface area contributed by atoms with E-state index >= 15 is 0 Å². The van der Waals surface area contributed by atoms with Gasteiger partial charge in [0.15, 0.2) is 11.5 Å². The number of methoxy groups -OCH3 is 2. The van der Waals surface area contributed by atoms with Crippen LogP contribution in [0.1, 0.15) is 59.9 Å². The average Bonchev–Trinajstić information content (AvgIpc) is 3.15. The number of hydrogen-bond acceptors (Lipinski definition) is 6. The normalized spacial score (nSPS) is 14.9. The van der Waals surface area contributed by atoms with E-state index in [-0.39, 0.29) is 23.4 Å². The zero-order valence-corrected chi connectivity index (χ0v) is 17.6. The molecule has 8 nitrogen and oxygen atoms in total. The molecule has 0 fully saturated rings. The molecule has 0 unspecified atom stereocenters. The maximum atomic E-state index is 12.6. The number of Topliss-reactive ketones (excluding diaryl/α,β-unsaturated/α-hetero) is 1. The lowest BCUT2D eigenvalue weighted by Gasteiger charge is -2.04. The first-order valence-electron chi connectivity index (χ1n) is 9.57. The predicted molar refractivity (Wildman–Crippen MR) is 107 cm³/mol. The highest BCUT2D eigenvalue weighted by Gasteiger charge is 2.30. The summed E-state index contributed by atoms with van der Waals surface area (Å²) >= 11 is 0. The standard InChI is InChI=1S/C21H28N2O6/c1-6-29-17(25)10-8-7-9-16(24)18-13(3)12(2)14(22-18)11-15-19(27-4)20(28-5)21(26)23-15/h11,22H,6-10H2,1-5H3,(H,23,26)/b15-11-. The first-order valence-corrected chi connectivity index (χ1v) is 9.57. The van der Waals surface area contributed by atoms with Crippen molar-refractivity contribution in [1.29, 1.82) is 0 Å². The summed E-state index contributed by atoms with van der Waals surface area (Å²) in [7, 11) is 2.86. The Balaban J connectivity index is 2.12. The number of carbonyl (C=O) groups excluding carboxylic acids is 3. The maximum Gasteiger partial charge on any atom is 0.305 e. The van der Waals surface area contributed by atoms with Crippen molar-refractivity contribution in [2.24, 2.45) is 0 Å². The van der Waals surface area contributed by atoms with Gasteiger partial charge in [0.1, 0.15) is 0 Å². The second kappa shape index (κ2) is 9.95. The predicted octanol–water partition coefficient (Wildman–Crippen LogP) is 2.91. The molecular formula is C21H28N2O6. The molecule has 2 heterocycles. The summed E-state index contributed by atoms with van der Waals surface area (Å²) < 4.78 is 15.3. The Bertz CT molecular complexity index is 863. The van der Waals surface area contributed by atoms with E-state index in [4.69, 9.17) is 14.2 Å². The van der Waals surface area contributed by atoms with Gasteiger partial charge in [-0.1, -0.05) is 0 Å². The number of ether oxygens (including phenoxy) is 3. The van der Waals surface area contributed by atoms with E-state index < -0.39 is 0 Å². The molecule has 1 aromatic rings. The number of nitrogens with one attached hydrogen (secondary N) is 2. The third-order valence-electron chi connectivity index (χ3n) is 4.82. The molecule has 0 spiro atoms. The van der Waals surface area contributed by atoms with Crippen LogP contribution in [0.15, 0.2) is 17.2 Å². The number of amides is 1.